The van der Waals surface area contributed by atoms with Crippen molar-refractivity contribution in [2.75, 3.05) is 7.05 Å². The van der Waals surface area contributed by atoms with Crippen molar-refractivity contribution >= 4 is 29.5 Å². The number of rotatable bonds is 4. The summed E-state index contributed by atoms with van der Waals surface area (Å²) >= 11 is 5.97. The average Bonchev–Trinajstić information content (AvgIpc) is 2.60. The van der Waals surface area contributed by atoms with Gasteiger partial charge >= 0.3 is 12.0 Å². The molecule has 7 heteroatoms. The van der Waals surface area contributed by atoms with Crippen LogP contribution in [0.2, 0.25) is 5.02 Å². The van der Waals surface area contributed by atoms with Crippen molar-refractivity contribution in [3.05, 3.63) is 70.7 Å². The molecule has 0 aromatic heterocycles. The van der Waals surface area contributed by atoms with E-state index in [2.05, 4.69) is 10.6 Å². The van der Waals surface area contributed by atoms with Gasteiger partial charge in [-0.25, -0.2) is 9.59 Å². The van der Waals surface area contributed by atoms with E-state index >= 15 is 0 Å². The first-order valence-corrected chi connectivity index (χ1v) is 7.43. The van der Waals surface area contributed by atoms with Crippen LogP contribution in [0.25, 0.3) is 0 Å². The fourth-order valence-electron chi connectivity index (χ4n) is 1.94. The van der Waals surface area contributed by atoms with E-state index in [0.29, 0.717) is 5.56 Å². The Hall–Kier alpha value is -2.86. The van der Waals surface area contributed by atoms with Gasteiger partial charge in [-0.3, -0.25) is 10.1 Å². The molecule has 0 saturated carbocycles. The Morgan fingerprint density at radius 1 is 1.00 bits per heavy atom. The van der Waals surface area contributed by atoms with Gasteiger partial charge in [0.05, 0.1) is 10.6 Å². The standard InChI is InChI=1S/C17H15ClN2O4/c1-19-17(23)20-15(21)14(11-7-3-2-4-8-11)24-16(22)12-9-5-6-10-13(12)18/h2-10,14H,1H3,(H2,19,20,21,23)/t14-/m0/s1. The summed E-state index contributed by atoms with van der Waals surface area (Å²) in [6.07, 6.45) is -1.28. The summed E-state index contributed by atoms with van der Waals surface area (Å²) in [6, 6.07) is 14.0. The van der Waals surface area contributed by atoms with Crippen LogP contribution in [0, 0.1) is 0 Å². The topological polar surface area (TPSA) is 84.5 Å². The summed E-state index contributed by atoms with van der Waals surface area (Å²) in [6.45, 7) is 0. The van der Waals surface area contributed by atoms with Crippen LogP contribution < -0.4 is 10.6 Å². The highest BCUT2D eigenvalue weighted by Gasteiger charge is 2.27. The number of nitrogens with one attached hydrogen (secondary N) is 2. The zero-order valence-electron chi connectivity index (χ0n) is 12.8. The van der Waals surface area contributed by atoms with Crippen LogP contribution in [0.15, 0.2) is 54.6 Å². The van der Waals surface area contributed by atoms with Gasteiger partial charge in [0, 0.05) is 12.6 Å². The van der Waals surface area contributed by atoms with Gasteiger partial charge in [0.2, 0.25) is 6.10 Å². The predicted octanol–water partition coefficient (Wildman–Crippen LogP) is 2.69. The van der Waals surface area contributed by atoms with E-state index in [1.54, 1.807) is 48.5 Å². The number of hydrogen-bond acceptors (Lipinski definition) is 4. The molecule has 2 aromatic carbocycles. The number of halogens is 1. The predicted molar refractivity (Wildman–Crippen MR) is 88.6 cm³/mol. The minimum atomic E-state index is -1.28. The number of ether oxygens (including phenoxy) is 1. The van der Waals surface area contributed by atoms with E-state index in [0.717, 1.165) is 0 Å². The quantitative estimate of drug-likeness (QED) is 0.834. The van der Waals surface area contributed by atoms with Crippen LogP contribution in [0.3, 0.4) is 0 Å². The first-order valence-electron chi connectivity index (χ1n) is 7.06. The molecule has 24 heavy (non-hydrogen) atoms. The molecule has 0 spiro atoms. The van der Waals surface area contributed by atoms with Crippen LogP contribution in [0.4, 0.5) is 4.79 Å². The van der Waals surface area contributed by atoms with Crippen molar-refractivity contribution in [3.63, 3.8) is 0 Å². The highest BCUT2D eigenvalue weighted by atomic mass is 35.5. The van der Waals surface area contributed by atoms with Crippen molar-refractivity contribution in [1.29, 1.82) is 0 Å². The molecule has 6 nitrogen and oxygen atoms in total. The summed E-state index contributed by atoms with van der Waals surface area (Å²) < 4.78 is 5.30. The number of benzene rings is 2. The van der Waals surface area contributed by atoms with Gasteiger partial charge in [-0.15, -0.1) is 0 Å². The summed E-state index contributed by atoms with van der Waals surface area (Å²) in [5, 5.41) is 4.57. The molecule has 0 aliphatic rings. The molecular formula is C17H15ClN2O4. The van der Waals surface area contributed by atoms with Crippen molar-refractivity contribution in [2.24, 2.45) is 0 Å². The highest BCUT2D eigenvalue weighted by Crippen LogP contribution is 2.22. The second-order valence-corrected chi connectivity index (χ2v) is 5.15. The second kappa shape index (κ2) is 8.12. The Morgan fingerprint density at radius 3 is 2.25 bits per heavy atom. The fraction of sp³-hybridized carbons (Fsp3) is 0.118. The smallest absolute Gasteiger partial charge is 0.340 e. The Balaban J connectivity index is 2.26. The third-order valence-corrected chi connectivity index (χ3v) is 3.45. The van der Waals surface area contributed by atoms with Crippen molar-refractivity contribution in [1.82, 2.24) is 10.6 Å². The van der Waals surface area contributed by atoms with Gasteiger partial charge in [-0.1, -0.05) is 54.1 Å². The largest absolute Gasteiger partial charge is 0.444 e. The van der Waals surface area contributed by atoms with Crippen LogP contribution in [-0.2, 0) is 9.53 Å². The molecule has 0 heterocycles. The number of carbonyl (C=O) groups is 3. The second-order valence-electron chi connectivity index (χ2n) is 4.74. The molecule has 0 fully saturated rings. The van der Waals surface area contributed by atoms with Crippen LogP contribution in [0.1, 0.15) is 22.0 Å². The molecule has 124 valence electrons. The minimum Gasteiger partial charge on any atom is -0.444 e. The van der Waals surface area contributed by atoms with Crippen molar-refractivity contribution in [3.8, 4) is 0 Å². The molecule has 0 aliphatic heterocycles. The summed E-state index contributed by atoms with van der Waals surface area (Å²) in [5.41, 5.74) is 0.562. The molecule has 0 saturated heterocycles. The van der Waals surface area contributed by atoms with Crippen LogP contribution in [-0.4, -0.2) is 25.0 Å². The van der Waals surface area contributed by atoms with Gasteiger partial charge < -0.3 is 10.1 Å². The number of hydrogen-bond donors (Lipinski definition) is 2. The molecule has 2 N–H and O–H groups in total. The van der Waals surface area contributed by atoms with Crippen molar-refractivity contribution in [2.45, 2.75) is 6.10 Å². The lowest BCUT2D eigenvalue weighted by atomic mass is 10.1. The zero-order valence-corrected chi connectivity index (χ0v) is 13.5. The molecule has 0 aliphatic carbocycles. The molecule has 1 atom stereocenters. The molecule has 0 bridgehead atoms. The maximum atomic E-state index is 12.3. The average molecular weight is 347 g/mol. The van der Waals surface area contributed by atoms with Crippen LogP contribution in [0.5, 0.6) is 0 Å². The van der Waals surface area contributed by atoms with E-state index < -0.39 is 24.0 Å². The SMILES string of the molecule is CNC(=O)NC(=O)[C@@H](OC(=O)c1ccccc1Cl)c1ccccc1. The first-order chi connectivity index (χ1) is 11.5. The van der Waals surface area contributed by atoms with E-state index in [9.17, 15) is 14.4 Å². The summed E-state index contributed by atoms with van der Waals surface area (Å²) in [7, 11) is 1.37. The van der Waals surface area contributed by atoms with Gasteiger partial charge in [-0.2, -0.15) is 0 Å². The third kappa shape index (κ3) is 4.33. The molecule has 2 rings (SSSR count). The molecule has 0 unspecified atom stereocenters. The number of carbonyl (C=O) groups excluding carboxylic acids is 3. The Bertz CT molecular complexity index is 749. The third-order valence-electron chi connectivity index (χ3n) is 3.12. The Morgan fingerprint density at radius 2 is 1.62 bits per heavy atom. The number of urea groups is 1. The first kappa shape index (κ1) is 17.5. The summed E-state index contributed by atoms with van der Waals surface area (Å²) in [5.74, 6) is -1.53. The van der Waals surface area contributed by atoms with Crippen molar-refractivity contribution < 1.29 is 19.1 Å². The highest BCUT2D eigenvalue weighted by molar-refractivity contribution is 6.33. The van der Waals surface area contributed by atoms with Gasteiger partial charge in [-0.05, 0) is 12.1 Å². The monoisotopic (exact) mass is 346 g/mol. The van der Waals surface area contributed by atoms with Gasteiger partial charge in [0.15, 0.2) is 0 Å². The van der Waals surface area contributed by atoms with E-state index in [1.165, 1.54) is 13.1 Å². The zero-order chi connectivity index (χ0) is 17.5. The Kier molecular flexibility index (Phi) is 5.92. The van der Waals surface area contributed by atoms with E-state index in [-0.39, 0.29) is 10.6 Å². The van der Waals surface area contributed by atoms with E-state index in [4.69, 9.17) is 16.3 Å². The maximum absolute atomic E-state index is 12.3. The fourth-order valence-corrected chi connectivity index (χ4v) is 2.15. The number of imide groups is 1. The maximum Gasteiger partial charge on any atom is 0.340 e. The lowest BCUT2D eigenvalue weighted by Gasteiger charge is -2.17. The molecule has 2 aromatic rings. The number of esters is 1. The normalized spacial score (nSPS) is 11.2. The number of amides is 3. The molecule has 0 radical (unpaired) electrons. The minimum absolute atomic E-state index is 0.132. The van der Waals surface area contributed by atoms with Gasteiger partial charge in [0.25, 0.3) is 5.91 Å². The van der Waals surface area contributed by atoms with Gasteiger partial charge in [0.1, 0.15) is 0 Å². The molecule has 3 amide bonds. The lowest BCUT2D eigenvalue weighted by Crippen LogP contribution is -2.41. The lowest BCUT2D eigenvalue weighted by molar-refractivity contribution is -0.129. The van der Waals surface area contributed by atoms with Crippen LogP contribution >= 0.6 is 11.6 Å². The van der Waals surface area contributed by atoms with E-state index in [1.807, 2.05) is 0 Å². The molecular weight excluding hydrogens is 332 g/mol. The summed E-state index contributed by atoms with van der Waals surface area (Å²) in [4.78, 5) is 36.0. The Labute approximate surface area is 143 Å².